The van der Waals surface area contributed by atoms with Gasteiger partial charge in [-0.15, -0.1) is 0 Å². The molecule has 1 N–H and O–H groups in total. The zero-order chi connectivity index (χ0) is 16.2. The largest absolute Gasteiger partial charge is 0.416 e. The van der Waals surface area contributed by atoms with Crippen LogP contribution in [0, 0.1) is 11.8 Å². The van der Waals surface area contributed by atoms with Crippen LogP contribution in [-0.2, 0) is 12.7 Å². The Kier molecular flexibility index (Phi) is 5.87. The molecule has 0 aliphatic carbocycles. The van der Waals surface area contributed by atoms with Crippen LogP contribution in [0.5, 0.6) is 0 Å². The number of nitrogens with zero attached hydrogens (tertiary/aromatic N) is 1. The van der Waals surface area contributed by atoms with Gasteiger partial charge in [0.15, 0.2) is 0 Å². The summed E-state index contributed by atoms with van der Waals surface area (Å²) in [6.07, 6.45) is -3.18. The van der Waals surface area contributed by atoms with Crippen LogP contribution in [0.4, 0.5) is 13.2 Å². The molecular weight excluding hydrogens is 289 g/mol. The van der Waals surface area contributed by atoms with Crippen LogP contribution in [0.3, 0.4) is 0 Å². The van der Waals surface area contributed by atoms with Crippen LogP contribution >= 0.6 is 0 Å². The number of hydrogen-bond acceptors (Lipinski definition) is 2. The molecule has 0 aromatic heterocycles. The molecule has 0 amide bonds. The molecule has 1 heterocycles. The van der Waals surface area contributed by atoms with Crippen molar-refractivity contribution in [1.29, 1.82) is 0 Å². The molecular formula is C17H25F3N2. The van der Waals surface area contributed by atoms with E-state index in [1.807, 2.05) is 0 Å². The Hall–Kier alpha value is -1.07. The third kappa shape index (κ3) is 4.99. The second kappa shape index (κ2) is 7.47. The molecule has 1 aromatic carbocycles. The Morgan fingerprint density at radius 3 is 2.59 bits per heavy atom. The fourth-order valence-corrected chi connectivity index (χ4v) is 3.13. The van der Waals surface area contributed by atoms with Gasteiger partial charge in [0.05, 0.1) is 5.56 Å². The van der Waals surface area contributed by atoms with Crippen molar-refractivity contribution in [2.45, 2.75) is 33.0 Å². The summed E-state index contributed by atoms with van der Waals surface area (Å²) >= 11 is 0. The van der Waals surface area contributed by atoms with Gasteiger partial charge < -0.3 is 5.32 Å². The van der Waals surface area contributed by atoms with E-state index in [0.717, 1.165) is 32.6 Å². The van der Waals surface area contributed by atoms with Crippen LogP contribution in [0.1, 0.15) is 31.4 Å². The number of alkyl halides is 3. The summed E-state index contributed by atoms with van der Waals surface area (Å²) in [4.78, 5) is 2.17. The summed E-state index contributed by atoms with van der Waals surface area (Å²) in [7, 11) is 0. The van der Waals surface area contributed by atoms with Crippen molar-refractivity contribution in [3.05, 3.63) is 35.4 Å². The van der Waals surface area contributed by atoms with E-state index in [9.17, 15) is 13.2 Å². The van der Waals surface area contributed by atoms with E-state index < -0.39 is 11.7 Å². The Morgan fingerprint density at radius 1 is 1.27 bits per heavy atom. The summed E-state index contributed by atoms with van der Waals surface area (Å²) in [6.45, 7) is 8.24. The third-order valence-corrected chi connectivity index (χ3v) is 4.02. The molecule has 124 valence electrons. The van der Waals surface area contributed by atoms with Gasteiger partial charge in [-0.2, -0.15) is 13.2 Å². The molecule has 1 aliphatic heterocycles. The molecule has 22 heavy (non-hydrogen) atoms. The lowest BCUT2D eigenvalue weighted by Crippen LogP contribution is -2.33. The fourth-order valence-electron chi connectivity index (χ4n) is 3.13. The maximum absolute atomic E-state index is 13.1. The first-order valence-electron chi connectivity index (χ1n) is 7.94. The lowest BCUT2D eigenvalue weighted by Gasteiger charge is -2.28. The highest BCUT2D eigenvalue weighted by Gasteiger charge is 2.33. The minimum Gasteiger partial charge on any atom is -0.316 e. The Balaban J connectivity index is 2.12. The predicted octanol–water partition coefficient (Wildman–Crippen LogP) is 3.77. The van der Waals surface area contributed by atoms with Crippen LogP contribution in [0.15, 0.2) is 24.3 Å². The second-order valence-electron chi connectivity index (χ2n) is 6.60. The first-order valence-corrected chi connectivity index (χ1v) is 7.94. The van der Waals surface area contributed by atoms with Gasteiger partial charge in [0.1, 0.15) is 0 Å². The van der Waals surface area contributed by atoms with E-state index in [4.69, 9.17) is 0 Å². The van der Waals surface area contributed by atoms with E-state index in [1.165, 1.54) is 12.1 Å². The van der Waals surface area contributed by atoms with Gasteiger partial charge in [0.25, 0.3) is 0 Å². The molecule has 0 saturated carbocycles. The molecule has 0 bridgehead atoms. The topological polar surface area (TPSA) is 15.3 Å². The highest BCUT2D eigenvalue weighted by molar-refractivity contribution is 5.29. The number of nitrogens with one attached hydrogen (secondary N) is 1. The summed E-state index contributed by atoms with van der Waals surface area (Å²) in [5.74, 6) is 0.976. The van der Waals surface area contributed by atoms with Crippen LogP contribution < -0.4 is 5.32 Å². The van der Waals surface area contributed by atoms with Crippen molar-refractivity contribution in [1.82, 2.24) is 10.2 Å². The Morgan fingerprint density at radius 2 is 2.00 bits per heavy atom. The first-order chi connectivity index (χ1) is 10.4. The SMILES string of the molecule is CC(C)CN(Cc1ccccc1C(F)(F)F)C[C@@H]1CCNC1. The minimum atomic E-state index is -4.28. The summed E-state index contributed by atoms with van der Waals surface area (Å²) in [6, 6.07) is 5.93. The monoisotopic (exact) mass is 314 g/mol. The van der Waals surface area contributed by atoms with Gasteiger partial charge in [0.2, 0.25) is 0 Å². The molecule has 0 spiro atoms. The molecule has 1 atom stereocenters. The average Bonchev–Trinajstić information content (AvgIpc) is 2.90. The maximum atomic E-state index is 13.1. The van der Waals surface area contributed by atoms with E-state index in [-0.39, 0.29) is 0 Å². The highest BCUT2D eigenvalue weighted by atomic mass is 19.4. The Bertz CT molecular complexity index is 465. The number of rotatable bonds is 6. The zero-order valence-corrected chi connectivity index (χ0v) is 13.3. The summed E-state index contributed by atoms with van der Waals surface area (Å²) in [5, 5.41) is 3.32. The van der Waals surface area contributed by atoms with Gasteiger partial charge in [-0.1, -0.05) is 32.0 Å². The summed E-state index contributed by atoms with van der Waals surface area (Å²) in [5.41, 5.74) is -0.130. The molecule has 5 heteroatoms. The highest BCUT2D eigenvalue weighted by Crippen LogP contribution is 2.32. The van der Waals surface area contributed by atoms with Gasteiger partial charge >= 0.3 is 6.18 Å². The van der Waals surface area contributed by atoms with E-state index in [1.54, 1.807) is 12.1 Å². The van der Waals surface area contributed by atoms with Crippen molar-refractivity contribution in [3.63, 3.8) is 0 Å². The molecule has 1 aliphatic rings. The quantitative estimate of drug-likeness (QED) is 0.860. The van der Waals surface area contributed by atoms with E-state index in [0.29, 0.717) is 23.9 Å². The lowest BCUT2D eigenvalue weighted by molar-refractivity contribution is -0.138. The van der Waals surface area contributed by atoms with Crippen molar-refractivity contribution in [2.75, 3.05) is 26.2 Å². The summed E-state index contributed by atoms with van der Waals surface area (Å²) < 4.78 is 39.4. The Labute approximate surface area is 130 Å². The lowest BCUT2D eigenvalue weighted by atomic mass is 10.0. The van der Waals surface area contributed by atoms with Gasteiger partial charge in [-0.05, 0) is 43.0 Å². The van der Waals surface area contributed by atoms with Crippen molar-refractivity contribution in [2.24, 2.45) is 11.8 Å². The van der Waals surface area contributed by atoms with Crippen molar-refractivity contribution in [3.8, 4) is 0 Å². The average molecular weight is 314 g/mol. The second-order valence-corrected chi connectivity index (χ2v) is 6.60. The number of halogens is 3. The number of benzene rings is 1. The van der Waals surface area contributed by atoms with Crippen LogP contribution in [0.2, 0.25) is 0 Å². The predicted molar refractivity (Wildman–Crippen MR) is 82.5 cm³/mol. The van der Waals surface area contributed by atoms with E-state index in [2.05, 4.69) is 24.1 Å². The minimum absolute atomic E-state index is 0.365. The van der Waals surface area contributed by atoms with Gasteiger partial charge in [-0.25, -0.2) is 0 Å². The first kappa shape index (κ1) is 17.3. The maximum Gasteiger partial charge on any atom is 0.416 e. The van der Waals surface area contributed by atoms with Crippen molar-refractivity contribution < 1.29 is 13.2 Å². The molecule has 1 aromatic rings. The molecule has 0 radical (unpaired) electrons. The standard InChI is InChI=1S/C17H25F3N2/c1-13(2)10-22(11-14-7-8-21-9-14)12-15-5-3-4-6-16(15)17(18,19)20/h3-6,13-14,21H,7-12H2,1-2H3/t14-/m1/s1. The molecule has 2 nitrogen and oxygen atoms in total. The van der Waals surface area contributed by atoms with E-state index >= 15 is 0 Å². The van der Waals surface area contributed by atoms with Gasteiger partial charge in [-0.3, -0.25) is 4.90 Å². The fraction of sp³-hybridized carbons (Fsp3) is 0.647. The molecule has 0 unspecified atom stereocenters. The van der Waals surface area contributed by atoms with Gasteiger partial charge in [0, 0.05) is 19.6 Å². The van der Waals surface area contributed by atoms with Crippen molar-refractivity contribution >= 4 is 0 Å². The smallest absolute Gasteiger partial charge is 0.316 e. The molecule has 1 saturated heterocycles. The molecule has 1 fully saturated rings. The van der Waals surface area contributed by atoms with Crippen LogP contribution in [-0.4, -0.2) is 31.1 Å². The normalized spacial score (nSPS) is 19.3. The zero-order valence-electron chi connectivity index (χ0n) is 13.3. The number of hydrogen-bond donors (Lipinski definition) is 1. The van der Waals surface area contributed by atoms with Crippen LogP contribution in [0.25, 0.3) is 0 Å². The third-order valence-electron chi connectivity index (χ3n) is 4.02. The molecule has 2 rings (SSSR count).